The van der Waals surface area contributed by atoms with E-state index < -0.39 is 0 Å². The second-order valence-electron chi connectivity index (χ2n) is 6.55. The van der Waals surface area contributed by atoms with Crippen LogP contribution in [0.4, 0.5) is 0 Å². The van der Waals surface area contributed by atoms with Crippen LogP contribution in [0.3, 0.4) is 0 Å². The molecule has 1 atom stereocenters. The quantitative estimate of drug-likeness (QED) is 0.678. The number of carbonyl (C=O) groups is 1. The molecule has 2 aromatic carbocycles. The molecule has 4 nitrogen and oxygen atoms in total. The number of nitrogens with one attached hydrogen (secondary N) is 1. The summed E-state index contributed by atoms with van der Waals surface area (Å²) in [4.78, 5) is 19.9. The summed E-state index contributed by atoms with van der Waals surface area (Å²) >= 11 is 5.91. The van der Waals surface area contributed by atoms with Crippen molar-refractivity contribution >= 4 is 17.5 Å². The van der Waals surface area contributed by atoms with Crippen LogP contribution in [0.5, 0.6) is 0 Å². The van der Waals surface area contributed by atoms with Crippen molar-refractivity contribution in [1.29, 1.82) is 0 Å². The number of rotatable bonds is 4. The van der Waals surface area contributed by atoms with Gasteiger partial charge in [0.05, 0.1) is 18.1 Å². The molecule has 0 fully saturated rings. The molecule has 5 heteroatoms. The van der Waals surface area contributed by atoms with Gasteiger partial charge in [0.1, 0.15) is 5.69 Å². The lowest BCUT2D eigenvalue weighted by atomic mass is 10.1. The van der Waals surface area contributed by atoms with Crippen molar-refractivity contribution < 1.29 is 4.79 Å². The summed E-state index contributed by atoms with van der Waals surface area (Å²) < 4.78 is 0. The van der Waals surface area contributed by atoms with Crippen molar-refractivity contribution in [1.82, 2.24) is 15.3 Å². The van der Waals surface area contributed by atoms with E-state index in [1.54, 1.807) is 12.4 Å². The van der Waals surface area contributed by atoms with E-state index in [0.29, 0.717) is 10.7 Å². The number of hydrogen-bond donors (Lipinski definition) is 1. The lowest BCUT2D eigenvalue weighted by Gasteiger charge is -2.12. The Bertz CT molecular complexity index is 1000. The number of benzene rings is 2. The first-order chi connectivity index (χ1) is 13.5. The van der Waals surface area contributed by atoms with E-state index in [-0.39, 0.29) is 11.9 Å². The molecule has 140 valence electrons. The van der Waals surface area contributed by atoms with Crippen molar-refractivity contribution in [3.05, 3.63) is 82.8 Å². The molecule has 1 heterocycles. The Hall–Kier alpha value is -3.16. The summed E-state index contributed by atoms with van der Waals surface area (Å²) in [5, 5.41) is 3.57. The summed E-state index contributed by atoms with van der Waals surface area (Å²) in [6, 6.07) is 15.6. The summed E-state index contributed by atoms with van der Waals surface area (Å²) in [5.74, 6) is 6.12. The average Bonchev–Trinajstić information content (AvgIpc) is 2.68. The van der Waals surface area contributed by atoms with Crippen LogP contribution >= 0.6 is 11.6 Å². The number of halogens is 1. The summed E-state index contributed by atoms with van der Waals surface area (Å²) in [6.45, 7) is 3.52. The van der Waals surface area contributed by atoms with Gasteiger partial charge >= 0.3 is 0 Å². The van der Waals surface area contributed by atoms with E-state index in [9.17, 15) is 4.79 Å². The molecule has 3 rings (SSSR count). The van der Waals surface area contributed by atoms with Crippen LogP contribution in [0.25, 0.3) is 11.3 Å². The predicted molar refractivity (Wildman–Crippen MR) is 112 cm³/mol. The second-order valence-corrected chi connectivity index (χ2v) is 6.98. The van der Waals surface area contributed by atoms with Crippen molar-refractivity contribution in [3.8, 4) is 23.1 Å². The van der Waals surface area contributed by atoms with E-state index in [1.807, 2.05) is 55.5 Å². The molecule has 0 saturated heterocycles. The Morgan fingerprint density at radius 1 is 1.04 bits per heavy atom. The third-order valence-electron chi connectivity index (χ3n) is 4.07. The fraction of sp³-hybridized carbons (Fsp3) is 0.174. The summed E-state index contributed by atoms with van der Waals surface area (Å²) in [5.41, 5.74) is 4.40. The Morgan fingerprint density at radius 2 is 1.75 bits per heavy atom. The van der Waals surface area contributed by atoms with Crippen LogP contribution in [0.15, 0.2) is 60.9 Å². The largest absolute Gasteiger partial charge is 0.354 e. The first kappa shape index (κ1) is 19.6. The van der Waals surface area contributed by atoms with E-state index in [2.05, 4.69) is 27.1 Å². The van der Waals surface area contributed by atoms with Crippen molar-refractivity contribution in [2.45, 2.75) is 26.3 Å². The second kappa shape index (κ2) is 9.16. The Kier molecular flexibility index (Phi) is 6.41. The van der Waals surface area contributed by atoms with Gasteiger partial charge < -0.3 is 5.32 Å². The van der Waals surface area contributed by atoms with E-state index >= 15 is 0 Å². The molecule has 0 saturated carbocycles. The molecule has 0 radical (unpaired) electrons. The SMILES string of the molecule is CC(=O)NC(C)Cc1ccc(C#Cc2cnc(-c3ccc(Cl)cc3)cn2)cc1. The van der Waals surface area contributed by atoms with Gasteiger partial charge in [0.15, 0.2) is 0 Å². The highest BCUT2D eigenvalue weighted by molar-refractivity contribution is 6.30. The normalized spacial score (nSPS) is 11.2. The van der Waals surface area contributed by atoms with Crippen LogP contribution < -0.4 is 5.32 Å². The van der Waals surface area contributed by atoms with Gasteiger partial charge in [0.25, 0.3) is 0 Å². The maximum absolute atomic E-state index is 11.1. The number of nitrogens with zero attached hydrogens (tertiary/aromatic N) is 2. The Morgan fingerprint density at radius 3 is 2.36 bits per heavy atom. The molecule has 0 spiro atoms. The van der Waals surface area contributed by atoms with Crippen molar-refractivity contribution in [3.63, 3.8) is 0 Å². The molecular weight excluding hydrogens is 370 g/mol. The van der Waals surface area contributed by atoms with Gasteiger partial charge in [-0.3, -0.25) is 9.78 Å². The molecule has 1 aromatic heterocycles. The molecule has 28 heavy (non-hydrogen) atoms. The zero-order valence-electron chi connectivity index (χ0n) is 15.7. The third kappa shape index (κ3) is 5.67. The van der Waals surface area contributed by atoms with Gasteiger partial charge in [-0.15, -0.1) is 0 Å². The van der Waals surface area contributed by atoms with Gasteiger partial charge in [0.2, 0.25) is 5.91 Å². The maximum atomic E-state index is 11.1. The molecular formula is C23H20ClN3O. The summed E-state index contributed by atoms with van der Waals surface area (Å²) in [7, 11) is 0. The lowest BCUT2D eigenvalue weighted by Crippen LogP contribution is -2.31. The molecule has 0 aliphatic heterocycles. The molecule has 1 N–H and O–H groups in total. The number of carbonyl (C=O) groups excluding carboxylic acids is 1. The number of hydrogen-bond acceptors (Lipinski definition) is 3. The summed E-state index contributed by atoms with van der Waals surface area (Å²) in [6.07, 6.45) is 4.16. The third-order valence-corrected chi connectivity index (χ3v) is 4.32. The van der Waals surface area contributed by atoms with Crippen molar-refractivity contribution in [2.75, 3.05) is 0 Å². The Labute approximate surface area is 170 Å². The topological polar surface area (TPSA) is 54.9 Å². The van der Waals surface area contributed by atoms with E-state index in [1.165, 1.54) is 6.92 Å². The first-order valence-electron chi connectivity index (χ1n) is 8.95. The number of aromatic nitrogens is 2. The monoisotopic (exact) mass is 389 g/mol. The lowest BCUT2D eigenvalue weighted by molar-refractivity contribution is -0.119. The van der Waals surface area contributed by atoms with Gasteiger partial charge in [-0.1, -0.05) is 41.8 Å². The zero-order chi connectivity index (χ0) is 19.9. The predicted octanol–water partition coefficient (Wildman–Crippen LogP) is 4.26. The van der Waals surface area contributed by atoms with Crippen LogP contribution in [0, 0.1) is 11.8 Å². The van der Waals surface area contributed by atoms with Gasteiger partial charge in [-0.25, -0.2) is 4.98 Å². The zero-order valence-corrected chi connectivity index (χ0v) is 16.5. The van der Waals surface area contributed by atoms with Crippen LogP contribution in [0.1, 0.15) is 30.7 Å². The van der Waals surface area contributed by atoms with Gasteiger partial charge in [-0.2, -0.15) is 0 Å². The minimum Gasteiger partial charge on any atom is -0.354 e. The first-order valence-corrected chi connectivity index (χ1v) is 9.33. The standard InChI is InChI=1S/C23H20ClN3O/c1-16(27-17(2)28)13-19-5-3-18(4-6-19)7-12-22-14-26-23(15-25-22)20-8-10-21(24)11-9-20/h3-6,8-11,14-16H,13H2,1-2H3,(H,27,28). The minimum absolute atomic E-state index is 0.0156. The van der Waals surface area contributed by atoms with Crippen LogP contribution in [0.2, 0.25) is 5.02 Å². The molecule has 0 bridgehead atoms. The highest BCUT2D eigenvalue weighted by Gasteiger charge is 2.04. The molecule has 1 amide bonds. The maximum Gasteiger partial charge on any atom is 0.217 e. The van der Waals surface area contributed by atoms with Gasteiger partial charge in [0, 0.05) is 29.1 Å². The van der Waals surface area contributed by atoms with E-state index in [0.717, 1.165) is 28.8 Å². The highest BCUT2D eigenvalue weighted by Crippen LogP contribution is 2.18. The highest BCUT2D eigenvalue weighted by atomic mass is 35.5. The Balaban J connectivity index is 1.64. The minimum atomic E-state index is -0.0156. The smallest absolute Gasteiger partial charge is 0.217 e. The number of amides is 1. The van der Waals surface area contributed by atoms with E-state index in [4.69, 9.17) is 11.6 Å². The fourth-order valence-corrected chi connectivity index (χ4v) is 2.90. The van der Waals surface area contributed by atoms with Gasteiger partial charge in [-0.05, 0) is 49.1 Å². The van der Waals surface area contributed by atoms with Crippen LogP contribution in [-0.4, -0.2) is 21.9 Å². The van der Waals surface area contributed by atoms with Crippen LogP contribution in [-0.2, 0) is 11.2 Å². The molecule has 0 aliphatic carbocycles. The average molecular weight is 390 g/mol. The fourth-order valence-electron chi connectivity index (χ4n) is 2.77. The van der Waals surface area contributed by atoms with Crippen molar-refractivity contribution in [2.24, 2.45) is 0 Å². The molecule has 1 unspecified atom stereocenters. The molecule has 3 aromatic rings. The molecule has 0 aliphatic rings.